The fourth-order valence-electron chi connectivity index (χ4n) is 3.17. The van der Waals surface area contributed by atoms with E-state index in [1.807, 2.05) is 0 Å². The first kappa shape index (κ1) is 18.1. The molecule has 1 aromatic heterocycles. The second kappa shape index (κ2) is 7.68. The third-order valence-electron chi connectivity index (χ3n) is 4.52. The smallest absolute Gasteiger partial charge is 0.272 e. The van der Waals surface area contributed by atoms with Crippen molar-refractivity contribution in [3.05, 3.63) is 53.1 Å². The third-order valence-corrected chi connectivity index (χ3v) is 4.52. The Morgan fingerprint density at radius 2 is 2.08 bits per heavy atom. The van der Waals surface area contributed by atoms with Gasteiger partial charge >= 0.3 is 0 Å². The van der Waals surface area contributed by atoms with Crippen LogP contribution in [0.5, 0.6) is 0 Å². The number of aryl methyl sites for hydroxylation is 2. The van der Waals surface area contributed by atoms with E-state index in [-0.39, 0.29) is 24.2 Å². The van der Waals surface area contributed by atoms with E-state index in [0.29, 0.717) is 25.3 Å². The van der Waals surface area contributed by atoms with E-state index in [4.69, 9.17) is 0 Å². The Hall–Kier alpha value is -2.70. The van der Waals surface area contributed by atoms with E-state index in [9.17, 15) is 14.0 Å². The largest absolute Gasteiger partial charge is 0.335 e. The first-order valence-electron chi connectivity index (χ1n) is 8.82. The highest BCUT2D eigenvalue weighted by molar-refractivity contribution is 5.95. The van der Waals surface area contributed by atoms with Gasteiger partial charge in [0.25, 0.3) is 5.91 Å². The lowest BCUT2D eigenvalue weighted by molar-refractivity contribution is -0.135. The van der Waals surface area contributed by atoms with E-state index >= 15 is 0 Å². The van der Waals surface area contributed by atoms with Gasteiger partial charge in [-0.15, -0.1) is 0 Å². The lowest BCUT2D eigenvalue weighted by atomic mass is 10.2. The first-order valence-corrected chi connectivity index (χ1v) is 8.82. The van der Waals surface area contributed by atoms with Crippen LogP contribution in [0.4, 0.5) is 4.39 Å². The van der Waals surface area contributed by atoms with Gasteiger partial charge in [0.1, 0.15) is 18.1 Å². The van der Waals surface area contributed by atoms with Gasteiger partial charge in [-0.05, 0) is 30.2 Å². The number of benzene rings is 1. The van der Waals surface area contributed by atoms with Crippen molar-refractivity contribution >= 4 is 11.8 Å². The molecule has 1 saturated heterocycles. The van der Waals surface area contributed by atoms with Gasteiger partial charge in [0.05, 0.1) is 5.69 Å². The molecular formula is C19H23FN4O2. The summed E-state index contributed by atoms with van der Waals surface area (Å²) in [5.41, 5.74) is 2.13. The Kier molecular flexibility index (Phi) is 5.35. The lowest BCUT2D eigenvalue weighted by Crippen LogP contribution is -2.52. The second-order valence-corrected chi connectivity index (χ2v) is 6.57. The molecule has 0 spiro atoms. The quantitative estimate of drug-likeness (QED) is 0.821. The average molecular weight is 358 g/mol. The summed E-state index contributed by atoms with van der Waals surface area (Å²) in [7, 11) is 1.74. The molecule has 1 aliphatic rings. The maximum absolute atomic E-state index is 13.3. The van der Waals surface area contributed by atoms with Crippen molar-refractivity contribution in [3.8, 4) is 0 Å². The normalized spacial score (nSPS) is 14.8. The molecule has 0 atom stereocenters. The van der Waals surface area contributed by atoms with Crippen molar-refractivity contribution in [3.63, 3.8) is 0 Å². The van der Waals surface area contributed by atoms with E-state index in [2.05, 4.69) is 12.0 Å². The van der Waals surface area contributed by atoms with Crippen LogP contribution in [0.15, 0.2) is 30.3 Å². The van der Waals surface area contributed by atoms with Crippen LogP contribution in [0.3, 0.4) is 0 Å². The number of hydrogen-bond acceptors (Lipinski definition) is 3. The number of rotatable bonds is 5. The molecule has 0 N–H and O–H groups in total. The molecule has 1 fully saturated rings. The molecule has 1 aromatic carbocycles. The molecule has 0 saturated carbocycles. The predicted molar refractivity (Wildman–Crippen MR) is 94.9 cm³/mol. The minimum atomic E-state index is -0.317. The highest BCUT2D eigenvalue weighted by atomic mass is 19.1. The van der Waals surface area contributed by atoms with Crippen LogP contribution >= 0.6 is 0 Å². The number of hydrogen-bond donors (Lipinski definition) is 0. The molecule has 1 aliphatic heterocycles. The molecule has 0 radical (unpaired) electrons. The van der Waals surface area contributed by atoms with E-state index in [1.165, 1.54) is 12.1 Å². The molecule has 0 bridgehead atoms. The van der Waals surface area contributed by atoms with Gasteiger partial charge in [-0.3, -0.25) is 14.3 Å². The van der Waals surface area contributed by atoms with Crippen LogP contribution in [0.25, 0.3) is 0 Å². The molecule has 7 heteroatoms. The SMILES string of the molecule is CCCc1cc(C(=O)N2CCN(Cc3cccc(F)c3)C(=O)C2)n(C)n1. The van der Waals surface area contributed by atoms with E-state index < -0.39 is 0 Å². The number of carbonyl (C=O) groups is 2. The highest BCUT2D eigenvalue weighted by Crippen LogP contribution is 2.14. The van der Waals surface area contributed by atoms with Crippen LogP contribution in [0.2, 0.25) is 0 Å². The zero-order valence-corrected chi connectivity index (χ0v) is 15.1. The highest BCUT2D eigenvalue weighted by Gasteiger charge is 2.29. The van der Waals surface area contributed by atoms with Crippen molar-refractivity contribution in [2.45, 2.75) is 26.3 Å². The molecule has 26 heavy (non-hydrogen) atoms. The van der Waals surface area contributed by atoms with Crippen LogP contribution in [-0.4, -0.2) is 51.0 Å². The zero-order valence-electron chi connectivity index (χ0n) is 15.1. The summed E-state index contributed by atoms with van der Waals surface area (Å²) in [6, 6.07) is 8.03. The summed E-state index contributed by atoms with van der Waals surface area (Å²) in [6.45, 7) is 3.33. The summed E-state index contributed by atoms with van der Waals surface area (Å²) in [5.74, 6) is -0.631. The summed E-state index contributed by atoms with van der Waals surface area (Å²) in [4.78, 5) is 28.4. The van der Waals surface area contributed by atoms with Crippen molar-refractivity contribution < 1.29 is 14.0 Å². The number of aromatic nitrogens is 2. The van der Waals surface area contributed by atoms with E-state index in [1.54, 1.807) is 39.7 Å². The molecule has 6 nitrogen and oxygen atoms in total. The number of amides is 2. The van der Waals surface area contributed by atoms with Crippen LogP contribution in [0, 0.1) is 5.82 Å². The van der Waals surface area contributed by atoms with Gasteiger partial charge < -0.3 is 9.80 Å². The van der Waals surface area contributed by atoms with Gasteiger partial charge in [-0.2, -0.15) is 5.10 Å². The fourth-order valence-corrected chi connectivity index (χ4v) is 3.17. The summed E-state index contributed by atoms with van der Waals surface area (Å²) in [6.07, 6.45) is 1.78. The Labute approximate surface area is 152 Å². The minimum absolute atomic E-state index is 0.0302. The van der Waals surface area contributed by atoms with Crippen molar-refractivity contribution in [2.24, 2.45) is 7.05 Å². The Bertz CT molecular complexity index is 818. The zero-order chi connectivity index (χ0) is 18.7. The molecular weight excluding hydrogens is 335 g/mol. The van der Waals surface area contributed by atoms with Crippen molar-refractivity contribution in [1.82, 2.24) is 19.6 Å². The topological polar surface area (TPSA) is 58.4 Å². The first-order chi connectivity index (χ1) is 12.5. The third kappa shape index (κ3) is 3.92. The van der Waals surface area contributed by atoms with Crippen LogP contribution in [0.1, 0.15) is 35.1 Å². The standard InChI is InChI=1S/C19H23FN4O2/c1-3-5-16-11-17(22(2)21-16)19(26)24-9-8-23(18(25)13-24)12-14-6-4-7-15(20)10-14/h4,6-7,10-11H,3,5,8-9,12-13H2,1-2H3. The maximum atomic E-state index is 13.3. The van der Waals surface area contributed by atoms with Crippen molar-refractivity contribution in [1.29, 1.82) is 0 Å². The summed E-state index contributed by atoms with van der Waals surface area (Å²) >= 11 is 0. The van der Waals surface area contributed by atoms with E-state index in [0.717, 1.165) is 24.1 Å². The van der Waals surface area contributed by atoms with Crippen LogP contribution in [-0.2, 0) is 24.8 Å². The van der Waals surface area contributed by atoms with Gasteiger partial charge in [-0.25, -0.2) is 4.39 Å². The van der Waals surface area contributed by atoms with Gasteiger partial charge in [0.2, 0.25) is 5.91 Å². The lowest BCUT2D eigenvalue weighted by Gasteiger charge is -2.34. The predicted octanol–water partition coefficient (Wildman–Crippen LogP) is 2.00. The molecule has 2 heterocycles. The minimum Gasteiger partial charge on any atom is -0.335 e. The van der Waals surface area contributed by atoms with Crippen LogP contribution < -0.4 is 0 Å². The molecule has 0 aliphatic carbocycles. The molecule has 3 rings (SSSR count). The second-order valence-electron chi connectivity index (χ2n) is 6.57. The van der Waals surface area contributed by atoms with Crippen molar-refractivity contribution in [2.75, 3.05) is 19.6 Å². The molecule has 2 amide bonds. The Morgan fingerprint density at radius 1 is 1.27 bits per heavy atom. The number of piperazine rings is 1. The Balaban J connectivity index is 1.64. The number of nitrogens with zero attached hydrogens (tertiary/aromatic N) is 4. The van der Waals surface area contributed by atoms with Gasteiger partial charge in [-0.1, -0.05) is 25.5 Å². The Morgan fingerprint density at radius 3 is 2.77 bits per heavy atom. The monoisotopic (exact) mass is 358 g/mol. The molecule has 2 aromatic rings. The molecule has 0 unspecified atom stereocenters. The van der Waals surface area contributed by atoms with Gasteiger partial charge in [0.15, 0.2) is 0 Å². The number of halogens is 1. The fraction of sp³-hybridized carbons (Fsp3) is 0.421. The number of carbonyl (C=O) groups excluding carboxylic acids is 2. The maximum Gasteiger partial charge on any atom is 0.272 e. The average Bonchev–Trinajstić information content (AvgIpc) is 2.97. The summed E-state index contributed by atoms with van der Waals surface area (Å²) < 4.78 is 14.9. The van der Waals surface area contributed by atoms with Gasteiger partial charge in [0, 0.05) is 26.7 Å². The summed E-state index contributed by atoms with van der Waals surface area (Å²) in [5, 5.41) is 4.35. The molecule has 138 valence electrons.